The number of benzene rings is 1. The van der Waals surface area contributed by atoms with Crippen LogP contribution in [0.25, 0.3) is 0 Å². The van der Waals surface area contributed by atoms with Gasteiger partial charge in [0.05, 0.1) is 11.7 Å². The highest BCUT2D eigenvalue weighted by atomic mass is 32.1. The summed E-state index contributed by atoms with van der Waals surface area (Å²) in [5.41, 5.74) is 1.59. The molecule has 0 radical (unpaired) electrons. The van der Waals surface area contributed by atoms with Gasteiger partial charge in [0.1, 0.15) is 5.75 Å². The molecule has 0 aromatic heterocycles. The molecule has 0 saturated carbocycles. The van der Waals surface area contributed by atoms with Crippen molar-refractivity contribution in [1.29, 1.82) is 0 Å². The highest BCUT2D eigenvalue weighted by Crippen LogP contribution is 2.09. The third kappa shape index (κ3) is 2.76. The van der Waals surface area contributed by atoms with Gasteiger partial charge in [0.2, 0.25) is 5.78 Å². The summed E-state index contributed by atoms with van der Waals surface area (Å²) in [6, 6.07) is 5.93. The van der Waals surface area contributed by atoms with E-state index in [4.69, 9.17) is 5.11 Å². The first-order valence-corrected chi connectivity index (χ1v) is 4.01. The smallest absolute Gasteiger partial charge is 0.204 e. The van der Waals surface area contributed by atoms with Crippen LogP contribution in [-0.4, -0.2) is 22.6 Å². The summed E-state index contributed by atoms with van der Waals surface area (Å²) in [5, 5.41) is 8.95. The number of rotatable bonds is 3. The average molecular weight is 193 g/mol. The maximum absolute atomic E-state index is 11.2. The molecular weight excluding hydrogens is 186 g/mol. The molecule has 1 N–H and O–H groups in total. The van der Waals surface area contributed by atoms with Crippen LogP contribution >= 0.6 is 12.2 Å². The Bertz CT molecular complexity index is 343. The summed E-state index contributed by atoms with van der Waals surface area (Å²) >= 11 is 4.43. The van der Waals surface area contributed by atoms with E-state index >= 15 is 0 Å². The van der Waals surface area contributed by atoms with Gasteiger partial charge in [0.25, 0.3) is 0 Å². The number of phenolic OH excluding ortho intramolecular Hbond substituents is 1. The van der Waals surface area contributed by atoms with Gasteiger partial charge in [0, 0.05) is 5.56 Å². The van der Waals surface area contributed by atoms with Crippen molar-refractivity contribution >= 4 is 29.7 Å². The van der Waals surface area contributed by atoms with E-state index < -0.39 is 0 Å². The molecule has 1 aromatic rings. The van der Waals surface area contributed by atoms with Crippen molar-refractivity contribution in [2.24, 2.45) is 4.99 Å². The van der Waals surface area contributed by atoms with Crippen molar-refractivity contribution in [2.75, 3.05) is 0 Å². The molecule has 0 atom stereocenters. The van der Waals surface area contributed by atoms with Crippen LogP contribution in [0.15, 0.2) is 29.3 Å². The molecule has 1 aromatic carbocycles. The van der Waals surface area contributed by atoms with Gasteiger partial charge in [-0.25, -0.2) is 4.99 Å². The third-order valence-electron chi connectivity index (χ3n) is 1.40. The van der Waals surface area contributed by atoms with Crippen LogP contribution in [-0.2, 0) is 0 Å². The Hall–Kier alpha value is -1.55. The molecule has 0 saturated heterocycles. The molecule has 3 nitrogen and oxygen atoms in total. The van der Waals surface area contributed by atoms with Gasteiger partial charge in [-0.3, -0.25) is 4.79 Å². The monoisotopic (exact) mass is 193 g/mol. The van der Waals surface area contributed by atoms with Crippen molar-refractivity contribution < 1.29 is 9.90 Å². The van der Waals surface area contributed by atoms with Crippen LogP contribution in [0.4, 0.5) is 0 Å². The van der Waals surface area contributed by atoms with Crippen LogP contribution in [0.2, 0.25) is 0 Å². The van der Waals surface area contributed by atoms with Crippen molar-refractivity contribution in [2.45, 2.75) is 0 Å². The van der Waals surface area contributed by atoms with Crippen LogP contribution in [0.3, 0.4) is 0 Å². The van der Waals surface area contributed by atoms with Crippen molar-refractivity contribution in [3.05, 3.63) is 29.8 Å². The predicted octanol–water partition coefficient (Wildman–Crippen LogP) is 1.60. The van der Waals surface area contributed by atoms with Gasteiger partial charge in [-0.2, -0.15) is 0 Å². The highest BCUT2D eigenvalue weighted by molar-refractivity contribution is 7.78. The van der Waals surface area contributed by atoms with E-state index in [-0.39, 0.29) is 11.5 Å². The van der Waals surface area contributed by atoms with Gasteiger partial charge in [-0.05, 0) is 24.3 Å². The SMILES string of the molecule is O=C(C=NC=S)c1ccc(O)cc1. The molecule has 0 aliphatic rings. The molecule has 0 aliphatic carbocycles. The maximum atomic E-state index is 11.2. The topological polar surface area (TPSA) is 49.7 Å². The minimum Gasteiger partial charge on any atom is -0.508 e. The Morgan fingerprint density at radius 1 is 1.38 bits per heavy atom. The lowest BCUT2D eigenvalue weighted by atomic mass is 10.1. The van der Waals surface area contributed by atoms with Gasteiger partial charge < -0.3 is 5.11 Å². The predicted molar refractivity (Wildman–Crippen MR) is 54.6 cm³/mol. The van der Waals surface area contributed by atoms with E-state index in [0.29, 0.717) is 5.56 Å². The van der Waals surface area contributed by atoms with Crippen LogP contribution in [0, 0.1) is 0 Å². The highest BCUT2D eigenvalue weighted by Gasteiger charge is 2.00. The normalized spacial score (nSPS) is 10.2. The Kier molecular flexibility index (Phi) is 3.28. The molecule has 66 valence electrons. The number of aromatic hydroxyl groups is 1. The number of phenols is 1. The quantitative estimate of drug-likeness (QED) is 0.450. The minimum absolute atomic E-state index is 0.128. The molecular formula is C9H7NO2S. The first-order chi connectivity index (χ1) is 6.24. The Morgan fingerprint density at radius 3 is 2.54 bits per heavy atom. The Labute approximate surface area is 80.7 Å². The lowest BCUT2D eigenvalue weighted by molar-refractivity contribution is 0.107. The summed E-state index contributed by atoms with van der Waals surface area (Å²) in [6.07, 6.45) is 1.14. The molecule has 0 amide bonds. The fraction of sp³-hybridized carbons (Fsp3) is 0. The van der Waals surface area contributed by atoms with Crippen molar-refractivity contribution in [1.82, 2.24) is 0 Å². The average Bonchev–Trinajstić information content (AvgIpc) is 2.15. The number of Topliss-reactive ketones (excluding diaryl/α,β-unsaturated/α-hetero) is 1. The van der Waals surface area contributed by atoms with Crippen LogP contribution in [0.5, 0.6) is 5.75 Å². The lowest BCUT2D eigenvalue weighted by Crippen LogP contribution is -1.99. The molecule has 0 fully saturated rings. The number of hydrogen-bond donors (Lipinski definition) is 1. The summed E-state index contributed by atoms with van der Waals surface area (Å²) in [5.74, 6) is -0.107. The fourth-order valence-electron chi connectivity index (χ4n) is 0.798. The van der Waals surface area contributed by atoms with Crippen molar-refractivity contribution in [3.63, 3.8) is 0 Å². The fourth-order valence-corrected chi connectivity index (χ4v) is 0.859. The second-order valence-corrected chi connectivity index (χ2v) is 2.51. The third-order valence-corrected chi connectivity index (χ3v) is 1.53. The summed E-state index contributed by atoms with van der Waals surface area (Å²) in [4.78, 5) is 14.7. The number of thiocarbonyl (C=S) groups is 1. The standard InChI is InChI=1S/C9H7NO2S/c11-8-3-1-7(2-4-8)9(12)5-10-6-13/h1-6,11H. The summed E-state index contributed by atoms with van der Waals surface area (Å²) < 4.78 is 0. The van der Waals surface area contributed by atoms with E-state index in [1.165, 1.54) is 24.3 Å². The molecule has 13 heavy (non-hydrogen) atoms. The number of aliphatic imine (C=N–C) groups is 1. The second-order valence-electron chi connectivity index (χ2n) is 2.29. The zero-order valence-corrected chi connectivity index (χ0v) is 7.49. The van der Waals surface area contributed by atoms with E-state index in [9.17, 15) is 4.79 Å². The zero-order valence-electron chi connectivity index (χ0n) is 6.68. The van der Waals surface area contributed by atoms with E-state index in [2.05, 4.69) is 17.2 Å². The van der Waals surface area contributed by atoms with E-state index in [1.54, 1.807) is 0 Å². The minimum atomic E-state index is -0.235. The number of carbonyl (C=O) groups is 1. The number of ketones is 1. The molecule has 0 bridgehead atoms. The largest absolute Gasteiger partial charge is 0.508 e. The zero-order chi connectivity index (χ0) is 9.68. The molecule has 0 spiro atoms. The molecule has 0 unspecified atom stereocenters. The Balaban J connectivity index is 2.83. The molecule has 0 heterocycles. The number of nitrogens with zero attached hydrogens (tertiary/aromatic N) is 1. The number of hydrogen-bond acceptors (Lipinski definition) is 3. The molecule has 0 aliphatic heterocycles. The maximum Gasteiger partial charge on any atom is 0.204 e. The first-order valence-electron chi connectivity index (χ1n) is 3.54. The van der Waals surface area contributed by atoms with E-state index in [0.717, 1.165) is 11.7 Å². The summed E-state index contributed by atoms with van der Waals surface area (Å²) in [6.45, 7) is 0. The second kappa shape index (κ2) is 4.47. The van der Waals surface area contributed by atoms with E-state index in [1.807, 2.05) is 0 Å². The first kappa shape index (κ1) is 9.54. The van der Waals surface area contributed by atoms with Gasteiger partial charge >= 0.3 is 0 Å². The molecule has 1 rings (SSSR count). The van der Waals surface area contributed by atoms with Gasteiger partial charge in [-0.15, -0.1) is 0 Å². The van der Waals surface area contributed by atoms with Gasteiger partial charge in [0.15, 0.2) is 0 Å². The Morgan fingerprint density at radius 2 is 2.00 bits per heavy atom. The summed E-state index contributed by atoms with van der Waals surface area (Å²) in [7, 11) is 0. The van der Waals surface area contributed by atoms with Gasteiger partial charge in [-0.1, -0.05) is 12.2 Å². The van der Waals surface area contributed by atoms with Crippen LogP contribution < -0.4 is 0 Å². The molecule has 4 heteroatoms. The number of carbonyl (C=O) groups excluding carboxylic acids is 1. The van der Waals surface area contributed by atoms with Crippen molar-refractivity contribution in [3.8, 4) is 5.75 Å². The van der Waals surface area contributed by atoms with Crippen LogP contribution in [0.1, 0.15) is 10.4 Å². The lowest BCUT2D eigenvalue weighted by Gasteiger charge is -1.94.